The van der Waals surface area contributed by atoms with Crippen LogP contribution < -0.4 is 4.90 Å². The van der Waals surface area contributed by atoms with E-state index in [2.05, 4.69) is 85.6 Å². The topological polar surface area (TPSA) is 55.8 Å². The van der Waals surface area contributed by atoms with Crippen molar-refractivity contribution in [2.45, 2.75) is 46.5 Å². The molecule has 0 aromatic heterocycles. The van der Waals surface area contributed by atoms with Crippen molar-refractivity contribution in [2.24, 2.45) is 0 Å². The Labute approximate surface area is 226 Å². The smallest absolute Gasteiger partial charge is 0.333 e. The Morgan fingerprint density at radius 2 is 1.21 bits per heavy atom. The number of ether oxygens (including phenoxy) is 2. The van der Waals surface area contributed by atoms with E-state index in [0.29, 0.717) is 30.8 Å². The first-order chi connectivity index (χ1) is 18.3. The van der Waals surface area contributed by atoms with Crippen LogP contribution in [-0.4, -0.2) is 25.2 Å². The van der Waals surface area contributed by atoms with E-state index in [4.69, 9.17) is 9.47 Å². The molecule has 38 heavy (non-hydrogen) atoms. The number of hydrogen-bond donors (Lipinski definition) is 0. The lowest BCUT2D eigenvalue weighted by atomic mass is 10.0. The monoisotopic (exact) mass is 511 g/mol. The molecule has 0 unspecified atom stereocenters. The summed E-state index contributed by atoms with van der Waals surface area (Å²) in [7, 11) is 0. The van der Waals surface area contributed by atoms with E-state index >= 15 is 0 Å². The third-order valence-corrected chi connectivity index (χ3v) is 6.08. The molecule has 0 aliphatic carbocycles. The highest BCUT2D eigenvalue weighted by Gasteiger charge is 2.16. The van der Waals surface area contributed by atoms with E-state index in [0.717, 1.165) is 36.3 Å². The molecular formula is C33H37NO4. The second-order valence-electron chi connectivity index (χ2n) is 9.51. The van der Waals surface area contributed by atoms with Crippen LogP contribution in [0.15, 0.2) is 97.1 Å². The third kappa shape index (κ3) is 8.20. The number of nitrogens with zero attached hydrogens (tertiary/aromatic N) is 1. The lowest BCUT2D eigenvalue weighted by molar-refractivity contribution is -0.139. The first-order valence-corrected chi connectivity index (χ1v) is 12.9. The first-order valence-electron chi connectivity index (χ1n) is 12.9. The number of anilines is 3. The van der Waals surface area contributed by atoms with Gasteiger partial charge in [-0.15, -0.1) is 0 Å². The molecule has 0 spiro atoms. The van der Waals surface area contributed by atoms with Crippen molar-refractivity contribution in [3.8, 4) is 0 Å². The van der Waals surface area contributed by atoms with Crippen molar-refractivity contribution in [3.63, 3.8) is 0 Å². The molecule has 0 atom stereocenters. The Morgan fingerprint density at radius 3 is 1.76 bits per heavy atom. The van der Waals surface area contributed by atoms with Crippen molar-refractivity contribution in [1.29, 1.82) is 0 Å². The van der Waals surface area contributed by atoms with Gasteiger partial charge in [-0.2, -0.15) is 0 Å². The van der Waals surface area contributed by atoms with Crippen LogP contribution in [0.5, 0.6) is 0 Å². The largest absolute Gasteiger partial charge is 0.462 e. The minimum absolute atomic E-state index is 0.346. The Bertz CT molecular complexity index is 1260. The molecule has 3 aromatic carbocycles. The van der Waals surface area contributed by atoms with Crippen LogP contribution >= 0.6 is 0 Å². The zero-order chi connectivity index (χ0) is 27.5. The average molecular weight is 512 g/mol. The summed E-state index contributed by atoms with van der Waals surface area (Å²) >= 11 is 0. The highest BCUT2D eigenvalue weighted by molar-refractivity contribution is 5.87. The van der Waals surface area contributed by atoms with Gasteiger partial charge in [0, 0.05) is 28.2 Å². The number of aryl methyl sites for hydroxylation is 3. The van der Waals surface area contributed by atoms with E-state index in [-0.39, 0.29) is 11.9 Å². The molecule has 5 nitrogen and oxygen atoms in total. The van der Waals surface area contributed by atoms with Gasteiger partial charge in [-0.3, -0.25) is 0 Å². The Kier molecular flexibility index (Phi) is 10.5. The van der Waals surface area contributed by atoms with Gasteiger partial charge in [-0.1, -0.05) is 61.2 Å². The van der Waals surface area contributed by atoms with Crippen molar-refractivity contribution in [2.75, 3.05) is 18.1 Å². The van der Waals surface area contributed by atoms with Gasteiger partial charge in [0.15, 0.2) is 0 Å². The Balaban J connectivity index is 1.79. The summed E-state index contributed by atoms with van der Waals surface area (Å²) < 4.78 is 10.5. The molecule has 3 rings (SSSR count). The molecule has 0 N–H and O–H groups in total. The van der Waals surface area contributed by atoms with Crippen LogP contribution in [0.1, 0.15) is 43.4 Å². The van der Waals surface area contributed by atoms with Gasteiger partial charge in [0.25, 0.3) is 0 Å². The molecule has 198 valence electrons. The molecular weight excluding hydrogens is 474 g/mol. The maximum atomic E-state index is 11.7. The number of benzene rings is 3. The van der Waals surface area contributed by atoms with Crippen LogP contribution in [0.25, 0.3) is 0 Å². The average Bonchev–Trinajstić information content (AvgIpc) is 2.91. The van der Waals surface area contributed by atoms with Crippen molar-refractivity contribution in [3.05, 3.63) is 114 Å². The quantitative estimate of drug-likeness (QED) is 0.135. The summed E-state index contributed by atoms with van der Waals surface area (Å²) in [6, 6.07) is 25.3. The summed E-state index contributed by atoms with van der Waals surface area (Å²) in [6.45, 7) is 13.4. The minimum atomic E-state index is -0.353. The SMILES string of the molecule is C=C(C)C(=O)OCCCc1ccc(N(c2ccc(C)cc2)c2ccccc2CCCOC(=O)C(=C)C)cc1. The van der Waals surface area contributed by atoms with Gasteiger partial charge in [0.1, 0.15) is 0 Å². The van der Waals surface area contributed by atoms with Gasteiger partial charge in [0.05, 0.1) is 13.2 Å². The number of hydrogen-bond acceptors (Lipinski definition) is 5. The minimum Gasteiger partial charge on any atom is -0.462 e. The fourth-order valence-corrected chi connectivity index (χ4v) is 3.99. The van der Waals surface area contributed by atoms with Crippen LogP contribution in [0.3, 0.4) is 0 Å². The Hall–Kier alpha value is -4.12. The van der Waals surface area contributed by atoms with E-state index in [1.807, 2.05) is 12.1 Å². The highest BCUT2D eigenvalue weighted by Crippen LogP contribution is 2.37. The first kappa shape index (κ1) is 28.5. The Morgan fingerprint density at radius 1 is 0.711 bits per heavy atom. The molecule has 0 aliphatic heterocycles. The van der Waals surface area contributed by atoms with E-state index < -0.39 is 0 Å². The molecule has 3 aromatic rings. The second kappa shape index (κ2) is 14.0. The molecule has 0 bridgehead atoms. The standard InChI is InChI=1S/C33H37NO4/c1-24(2)32(35)37-22-8-10-27-16-20-30(21-17-27)34(29-18-14-26(5)15-19-29)31-13-7-6-11-28(31)12-9-23-38-33(36)25(3)4/h6-7,11,13-21H,1,3,8-10,12,22-23H2,2,4-5H3. The number of esters is 2. The molecule has 0 amide bonds. The predicted octanol–water partition coefficient (Wildman–Crippen LogP) is 7.57. The molecule has 0 saturated carbocycles. The summed E-state index contributed by atoms with van der Waals surface area (Å²) in [4.78, 5) is 25.6. The number of para-hydroxylation sites is 1. The molecule has 0 saturated heterocycles. The third-order valence-electron chi connectivity index (χ3n) is 6.08. The highest BCUT2D eigenvalue weighted by atomic mass is 16.5. The molecule has 0 heterocycles. The van der Waals surface area contributed by atoms with Crippen LogP contribution in [0, 0.1) is 6.92 Å². The van der Waals surface area contributed by atoms with E-state index in [1.165, 1.54) is 16.7 Å². The molecule has 0 fully saturated rings. The maximum Gasteiger partial charge on any atom is 0.333 e. The van der Waals surface area contributed by atoms with Gasteiger partial charge < -0.3 is 14.4 Å². The lowest BCUT2D eigenvalue weighted by Crippen LogP contribution is -2.13. The van der Waals surface area contributed by atoms with E-state index in [1.54, 1.807) is 13.8 Å². The summed E-state index contributed by atoms with van der Waals surface area (Å²) in [5.74, 6) is -0.699. The molecule has 0 radical (unpaired) electrons. The summed E-state index contributed by atoms with van der Waals surface area (Å²) in [6.07, 6.45) is 3.04. The maximum absolute atomic E-state index is 11.7. The van der Waals surface area contributed by atoms with E-state index in [9.17, 15) is 9.59 Å². The van der Waals surface area contributed by atoms with Crippen molar-refractivity contribution >= 4 is 29.0 Å². The normalized spacial score (nSPS) is 10.5. The zero-order valence-corrected chi connectivity index (χ0v) is 22.7. The summed E-state index contributed by atoms with van der Waals surface area (Å²) in [5, 5.41) is 0. The molecule has 0 aliphatic rings. The van der Waals surface area contributed by atoms with Crippen LogP contribution in [-0.2, 0) is 31.9 Å². The van der Waals surface area contributed by atoms with Crippen molar-refractivity contribution in [1.82, 2.24) is 0 Å². The van der Waals surface area contributed by atoms with Crippen LogP contribution in [0.2, 0.25) is 0 Å². The van der Waals surface area contributed by atoms with Gasteiger partial charge in [-0.25, -0.2) is 9.59 Å². The van der Waals surface area contributed by atoms with Gasteiger partial charge in [0.2, 0.25) is 0 Å². The predicted molar refractivity (Wildman–Crippen MR) is 154 cm³/mol. The number of carbonyl (C=O) groups is 2. The second-order valence-corrected chi connectivity index (χ2v) is 9.51. The van der Waals surface area contributed by atoms with Crippen molar-refractivity contribution < 1.29 is 19.1 Å². The molecule has 5 heteroatoms. The fourth-order valence-electron chi connectivity index (χ4n) is 3.99. The van der Waals surface area contributed by atoms with Crippen LogP contribution in [0.4, 0.5) is 17.1 Å². The number of carbonyl (C=O) groups excluding carboxylic acids is 2. The zero-order valence-electron chi connectivity index (χ0n) is 22.7. The van der Waals surface area contributed by atoms with Gasteiger partial charge in [-0.05, 0) is 87.9 Å². The fraction of sp³-hybridized carbons (Fsp3) is 0.273. The van der Waals surface area contributed by atoms with Gasteiger partial charge >= 0.3 is 11.9 Å². The lowest BCUT2D eigenvalue weighted by Gasteiger charge is -2.28. The number of rotatable bonds is 13. The summed E-state index contributed by atoms with van der Waals surface area (Å²) in [5.41, 5.74) is 7.57.